The van der Waals surface area contributed by atoms with Crippen molar-refractivity contribution in [2.75, 3.05) is 6.54 Å². The van der Waals surface area contributed by atoms with Crippen molar-refractivity contribution in [3.8, 4) is 0 Å². The number of fused-ring (bicyclic) bond motifs is 2. The lowest BCUT2D eigenvalue weighted by atomic mass is 9.81. The third-order valence-electron chi connectivity index (χ3n) is 5.07. The molecule has 2 aliphatic heterocycles. The van der Waals surface area contributed by atoms with E-state index in [1.807, 2.05) is 13.0 Å². The Bertz CT molecular complexity index is 490. The zero-order valence-corrected chi connectivity index (χ0v) is 13.1. The van der Waals surface area contributed by atoms with E-state index in [4.69, 9.17) is 4.74 Å². The van der Waals surface area contributed by atoms with Gasteiger partial charge in [-0.2, -0.15) is 0 Å². The number of benzene rings is 1. The van der Waals surface area contributed by atoms with Crippen molar-refractivity contribution in [1.82, 2.24) is 5.32 Å². The predicted octanol–water partition coefficient (Wildman–Crippen LogP) is 3.61. The van der Waals surface area contributed by atoms with Gasteiger partial charge >= 0.3 is 0 Å². The molecule has 0 radical (unpaired) electrons. The molecule has 4 unspecified atom stereocenters. The fourth-order valence-corrected chi connectivity index (χ4v) is 3.93. The first-order chi connectivity index (χ1) is 10.2. The van der Waals surface area contributed by atoms with Crippen LogP contribution in [0.5, 0.6) is 0 Å². The molecule has 0 amide bonds. The zero-order chi connectivity index (χ0) is 14.8. The summed E-state index contributed by atoms with van der Waals surface area (Å²) in [5, 5.41) is 3.71. The highest BCUT2D eigenvalue weighted by atomic mass is 19.1. The van der Waals surface area contributed by atoms with Crippen LogP contribution in [0.2, 0.25) is 0 Å². The van der Waals surface area contributed by atoms with Crippen molar-refractivity contribution < 1.29 is 9.13 Å². The fraction of sp³-hybridized carbons (Fsp3) is 0.667. The molecule has 2 fully saturated rings. The highest BCUT2D eigenvalue weighted by Crippen LogP contribution is 2.41. The van der Waals surface area contributed by atoms with Gasteiger partial charge in [-0.25, -0.2) is 4.39 Å². The molecule has 0 aromatic heterocycles. The molecule has 2 heterocycles. The maximum atomic E-state index is 13.3. The van der Waals surface area contributed by atoms with Crippen LogP contribution in [0.3, 0.4) is 0 Å². The Kier molecular flexibility index (Phi) is 4.60. The van der Waals surface area contributed by atoms with Gasteiger partial charge in [-0.15, -0.1) is 0 Å². The van der Waals surface area contributed by atoms with Gasteiger partial charge in [0.25, 0.3) is 0 Å². The quantitative estimate of drug-likeness (QED) is 0.864. The third kappa shape index (κ3) is 3.29. The highest BCUT2D eigenvalue weighted by Gasteiger charge is 2.44. The first-order valence-corrected chi connectivity index (χ1v) is 8.31. The summed E-state index contributed by atoms with van der Waals surface area (Å²) in [5.41, 5.74) is 2.31. The van der Waals surface area contributed by atoms with Gasteiger partial charge in [-0.1, -0.05) is 13.0 Å². The van der Waals surface area contributed by atoms with Crippen LogP contribution >= 0.6 is 0 Å². The van der Waals surface area contributed by atoms with E-state index in [1.165, 1.54) is 24.8 Å². The number of hydrogen-bond acceptors (Lipinski definition) is 2. The summed E-state index contributed by atoms with van der Waals surface area (Å²) in [6, 6.07) is 5.61. The molecule has 0 saturated carbocycles. The number of ether oxygens (including phenoxy) is 1. The minimum atomic E-state index is -0.141. The van der Waals surface area contributed by atoms with Gasteiger partial charge < -0.3 is 10.1 Å². The van der Waals surface area contributed by atoms with Crippen molar-refractivity contribution in [3.05, 3.63) is 35.1 Å². The summed E-state index contributed by atoms with van der Waals surface area (Å²) < 4.78 is 19.3. The number of rotatable bonds is 6. The Hall–Kier alpha value is -0.930. The van der Waals surface area contributed by atoms with Gasteiger partial charge in [0, 0.05) is 12.0 Å². The largest absolute Gasteiger partial charge is 0.375 e. The summed E-state index contributed by atoms with van der Waals surface area (Å²) in [4.78, 5) is 0. The second-order valence-electron chi connectivity index (χ2n) is 6.61. The molecule has 0 spiro atoms. The lowest BCUT2D eigenvalue weighted by molar-refractivity contribution is 0.0857. The zero-order valence-electron chi connectivity index (χ0n) is 13.1. The van der Waals surface area contributed by atoms with E-state index in [9.17, 15) is 4.39 Å². The molecule has 2 nitrogen and oxygen atoms in total. The molecular formula is C18H26FNO. The highest BCUT2D eigenvalue weighted by molar-refractivity contribution is 5.27. The average Bonchev–Trinajstić information content (AvgIpc) is 3.08. The monoisotopic (exact) mass is 291 g/mol. The standard InChI is InChI=1S/C18H26FNO/c1-3-8-20-17(16-11-15-6-7-18(16)21-15)10-13-4-5-14(19)9-12(13)2/h4-5,9,15-18,20H,3,6-8,10-11H2,1-2H3. The fourth-order valence-electron chi connectivity index (χ4n) is 3.93. The average molecular weight is 291 g/mol. The SMILES string of the molecule is CCCNC(Cc1ccc(F)cc1C)C1CC2CCC1O2. The van der Waals surface area contributed by atoms with Gasteiger partial charge in [0.15, 0.2) is 0 Å². The Morgan fingerprint density at radius 1 is 1.38 bits per heavy atom. The number of hydrogen-bond donors (Lipinski definition) is 1. The molecule has 116 valence electrons. The van der Waals surface area contributed by atoms with E-state index in [1.54, 1.807) is 12.1 Å². The summed E-state index contributed by atoms with van der Waals surface area (Å²) in [6.07, 6.45) is 6.67. The normalized spacial score (nSPS) is 29.0. The van der Waals surface area contributed by atoms with Gasteiger partial charge in [0.05, 0.1) is 12.2 Å². The van der Waals surface area contributed by atoms with Crippen molar-refractivity contribution >= 4 is 0 Å². The van der Waals surface area contributed by atoms with Crippen LogP contribution in [0.1, 0.15) is 43.7 Å². The second-order valence-corrected chi connectivity index (χ2v) is 6.61. The van der Waals surface area contributed by atoms with Crippen LogP contribution in [0.25, 0.3) is 0 Å². The topological polar surface area (TPSA) is 21.3 Å². The van der Waals surface area contributed by atoms with Crippen LogP contribution in [0.4, 0.5) is 4.39 Å². The molecule has 2 saturated heterocycles. The Morgan fingerprint density at radius 2 is 2.24 bits per heavy atom. The summed E-state index contributed by atoms with van der Waals surface area (Å²) in [5.74, 6) is 0.470. The molecule has 2 bridgehead atoms. The lowest BCUT2D eigenvalue weighted by Gasteiger charge is -2.30. The van der Waals surface area contributed by atoms with Crippen LogP contribution in [-0.2, 0) is 11.2 Å². The molecular weight excluding hydrogens is 265 g/mol. The van der Waals surface area contributed by atoms with Gasteiger partial charge in [0.1, 0.15) is 5.82 Å². The van der Waals surface area contributed by atoms with E-state index < -0.39 is 0 Å². The third-order valence-corrected chi connectivity index (χ3v) is 5.07. The van der Waals surface area contributed by atoms with Crippen molar-refractivity contribution in [2.24, 2.45) is 5.92 Å². The molecule has 2 aliphatic rings. The van der Waals surface area contributed by atoms with Crippen LogP contribution < -0.4 is 5.32 Å². The number of nitrogens with one attached hydrogen (secondary N) is 1. The number of aryl methyl sites for hydroxylation is 1. The summed E-state index contributed by atoms with van der Waals surface area (Å²) >= 11 is 0. The van der Waals surface area contributed by atoms with Gasteiger partial charge in [-0.05, 0) is 68.8 Å². The lowest BCUT2D eigenvalue weighted by Crippen LogP contribution is -2.42. The van der Waals surface area contributed by atoms with E-state index >= 15 is 0 Å². The Labute approximate surface area is 127 Å². The van der Waals surface area contributed by atoms with E-state index in [-0.39, 0.29) is 5.82 Å². The number of halogens is 1. The van der Waals surface area contributed by atoms with Crippen LogP contribution in [-0.4, -0.2) is 24.8 Å². The Morgan fingerprint density at radius 3 is 2.86 bits per heavy atom. The molecule has 4 atom stereocenters. The maximum Gasteiger partial charge on any atom is 0.123 e. The van der Waals surface area contributed by atoms with Crippen molar-refractivity contribution in [3.63, 3.8) is 0 Å². The van der Waals surface area contributed by atoms with E-state index in [0.29, 0.717) is 24.2 Å². The summed E-state index contributed by atoms with van der Waals surface area (Å²) in [7, 11) is 0. The van der Waals surface area contributed by atoms with Gasteiger partial charge in [-0.3, -0.25) is 0 Å². The predicted molar refractivity (Wildman–Crippen MR) is 82.9 cm³/mol. The minimum absolute atomic E-state index is 0.141. The van der Waals surface area contributed by atoms with Gasteiger partial charge in [0.2, 0.25) is 0 Å². The van der Waals surface area contributed by atoms with E-state index in [0.717, 1.165) is 24.9 Å². The van der Waals surface area contributed by atoms with Crippen LogP contribution in [0.15, 0.2) is 18.2 Å². The first-order valence-electron chi connectivity index (χ1n) is 8.31. The molecule has 21 heavy (non-hydrogen) atoms. The molecule has 3 rings (SSSR count). The first kappa shape index (κ1) is 15.0. The molecule has 1 aromatic rings. The molecule has 1 N–H and O–H groups in total. The second kappa shape index (κ2) is 6.45. The molecule has 1 aromatic carbocycles. The van der Waals surface area contributed by atoms with Crippen LogP contribution in [0, 0.1) is 18.7 Å². The van der Waals surface area contributed by atoms with Crippen molar-refractivity contribution in [2.45, 2.75) is 64.2 Å². The summed E-state index contributed by atoms with van der Waals surface area (Å²) in [6.45, 7) is 5.25. The van der Waals surface area contributed by atoms with E-state index in [2.05, 4.69) is 12.2 Å². The smallest absolute Gasteiger partial charge is 0.123 e. The molecule has 0 aliphatic carbocycles. The van der Waals surface area contributed by atoms with Crippen molar-refractivity contribution in [1.29, 1.82) is 0 Å². The molecule has 3 heteroatoms. The maximum absolute atomic E-state index is 13.3. The Balaban J connectivity index is 1.73. The minimum Gasteiger partial charge on any atom is -0.375 e.